The fourth-order valence-corrected chi connectivity index (χ4v) is 3.60. The molecule has 0 aliphatic rings. The first-order valence-corrected chi connectivity index (χ1v) is 10.3. The molecule has 1 unspecified atom stereocenters. The molecule has 2 aromatic carbocycles. The lowest BCUT2D eigenvalue weighted by atomic mass is 9.94. The summed E-state index contributed by atoms with van der Waals surface area (Å²) in [6.45, 7) is -0.534. The van der Waals surface area contributed by atoms with E-state index in [0.717, 1.165) is 0 Å². The molecule has 188 valence electrons. The van der Waals surface area contributed by atoms with Gasteiger partial charge in [-0.05, 0) is 25.1 Å². The predicted octanol–water partition coefficient (Wildman–Crippen LogP) is 6.34. The van der Waals surface area contributed by atoms with E-state index in [2.05, 4.69) is 20.0 Å². The van der Waals surface area contributed by atoms with E-state index in [1.807, 2.05) is 0 Å². The van der Waals surface area contributed by atoms with Gasteiger partial charge in [0.2, 0.25) is 11.6 Å². The second-order valence-corrected chi connectivity index (χ2v) is 7.75. The molecule has 2 N–H and O–H groups in total. The van der Waals surface area contributed by atoms with Gasteiger partial charge in [-0.25, -0.2) is 13.8 Å². The number of benzene rings is 2. The number of phenols is 1. The Balaban J connectivity index is 1.93. The van der Waals surface area contributed by atoms with E-state index in [1.54, 1.807) is 19.1 Å². The Kier molecular flexibility index (Phi) is 6.61. The third-order valence-electron chi connectivity index (χ3n) is 5.22. The number of hydrogen-bond acceptors (Lipinski definition) is 5. The van der Waals surface area contributed by atoms with Crippen LogP contribution in [0.15, 0.2) is 48.8 Å². The predicted molar refractivity (Wildman–Crippen MR) is 116 cm³/mol. The molecule has 36 heavy (non-hydrogen) atoms. The minimum Gasteiger partial charge on any atom is -0.505 e. The third kappa shape index (κ3) is 4.83. The van der Waals surface area contributed by atoms with Gasteiger partial charge >= 0.3 is 6.18 Å². The molecule has 0 bridgehead atoms. The highest BCUT2D eigenvalue weighted by atomic mass is 19.4. The molecule has 0 aliphatic heterocycles. The number of aromatic hydroxyl groups is 1. The topological polar surface area (TPSA) is 67.3 Å². The van der Waals surface area contributed by atoms with Crippen LogP contribution in [0.4, 0.5) is 36.4 Å². The van der Waals surface area contributed by atoms with Gasteiger partial charge in [0.1, 0.15) is 11.3 Å². The summed E-state index contributed by atoms with van der Waals surface area (Å²) < 4.78 is 101. The number of ether oxygens (including phenoxy) is 1. The summed E-state index contributed by atoms with van der Waals surface area (Å²) in [5, 5.41) is 14.1. The van der Waals surface area contributed by atoms with Crippen LogP contribution in [0.25, 0.3) is 10.9 Å². The maximum absolute atomic E-state index is 15.2. The van der Waals surface area contributed by atoms with Crippen LogP contribution in [-0.2, 0) is 0 Å². The zero-order chi connectivity index (χ0) is 26.2. The molecule has 5 nitrogen and oxygen atoms in total. The zero-order valence-corrected chi connectivity index (χ0v) is 18.3. The number of anilines is 1. The van der Waals surface area contributed by atoms with Crippen molar-refractivity contribution in [1.82, 2.24) is 9.97 Å². The van der Waals surface area contributed by atoms with Crippen LogP contribution in [0.1, 0.15) is 22.9 Å². The first-order chi connectivity index (χ1) is 17.0. The van der Waals surface area contributed by atoms with Crippen molar-refractivity contribution in [3.63, 3.8) is 0 Å². The number of aromatic nitrogens is 2. The van der Waals surface area contributed by atoms with Crippen molar-refractivity contribution in [2.75, 3.05) is 11.9 Å². The minimum absolute atomic E-state index is 0.0531. The average molecular weight is 511 g/mol. The Morgan fingerprint density at radius 3 is 2.25 bits per heavy atom. The smallest absolute Gasteiger partial charge is 0.422 e. The van der Waals surface area contributed by atoms with Gasteiger partial charge in [-0.15, -0.1) is 0 Å². The van der Waals surface area contributed by atoms with Crippen molar-refractivity contribution < 1.29 is 40.6 Å². The number of halogens is 7. The van der Waals surface area contributed by atoms with Gasteiger partial charge in [-0.1, -0.05) is 18.2 Å². The van der Waals surface area contributed by atoms with Crippen LogP contribution in [-0.4, -0.2) is 27.9 Å². The Bertz CT molecular complexity index is 1400. The quantitative estimate of drug-likeness (QED) is 0.234. The highest BCUT2D eigenvalue weighted by Crippen LogP contribution is 2.41. The van der Waals surface area contributed by atoms with Gasteiger partial charge in [0.05, 0.1) is 17.3 Å². The van der Waals surface area contributed by atoms with Crippen LogP contribution in [0.2, 0.25) is 0 Å². The fourth-order valence-electron chi connectivity index (χ4n) is 3.60. The van der Waals surface area contributed by atoms with Crippen LogP contribution in [0, 0.1) is 30.2 Å². The van der Waals surface area contributed by atoms with Crippen LogP contribution >= 0.6 is 0 Å². The number of aryl methyl sites for hydroxylation is 1. The molecule has 0 spiro atoms. The zero-order valence-electron chi connectivity index (χ0n) is 18.3. The van der Waals surface area contributed by atoms with Gasteiger partial charge in [0.15, 0.2) is 24.0 Å². The summed E-state index contributed by atoms with van der Waals surface area (Å²) in [6, 6.07) is 7.18. The number of alkyl halides is 3. The average Bonchev–Trinajstić information content (AvgIpc) is 2.83. The van der Waals surface area contributed by atoms with Gasteiger partial charge in [-0.2, -0.15) is 22.0 Å². The third-order valence-corrected chi connectivity index (χ3v) is 5.22. The summed E-state index contributed by atoms with van der Waals surface area (Å²) >= 11 is 0. The molecule has 0 saturated carbocycles. The summed E-state index contributed by atoms with van der Waals surface area (Å²) in [5.41, 5.74) is -0.749. The normalized spacial score (nSPS) is 12.6. The van der Waals surface area contributed by atoms with Crippen LogP contribution in [0.3, 0.4) is 0 Å². The number of rotatable bonds is 6. The SMILES string of the molecule is Cc1ccc2ccc(C(Nc3cccnc3)c3c(F)c(F)c(OCC(F)(F)F)c(F)c3F)c(O)c2n1. The van der Waals surface area contributed by atoms with E-state index in [9.17, 15) is 27.1 Å². The molecular formula is C24H16F7N3O2. The Morgan fingerprint density at radius 1 is 0.972 bits per heavy atom. The molecule has 2 heterocycles. The largest absolute Gasteiger partial charge is 0.505 e. The first kappa shape index (κ1) is 25.0. The summed E-state index contributed by atoms with van der Waals surface area (Å²) in [6.07, 6.45) is -2.37. The molecular weight excluding hydrogens is 495 g/mol. The number of nitrogens with one attached hydrogen (secondary N) is 1. The lowest BCUT2D eigenvalue weighted by Crippen LogP contribution is -2.22. The Hall–Kier alpha value is -4.09. The van der Waals surface area contributed by atoms with E-state index >= 15 is 8.78 Å². The van der Waals surface area contributed by atoms with E-state index in [0.29, 0.717) is 11.1 Å². The van der Waals surface area contributed by atoms with Gasteiger partial charge in [-0.3, -0.25) is 4.98 Å². The Labute approximate surface area is 199 Å². The molecule has 0 amide bonds. The van der Waals surface area contributed by atoms with Crippen molar-refractivity contribution in [2.45, 2.75) is 19.1 Å². The number of fused-ring (bicyclic) bond motifs is 1. The first-order valence-electron chi connectivity index (χ1n) is 10.3. The van der Waals surface area contributed by atoms with Crippen molar-refractivity contribution in [2.24, 2.45) is 0 Å². The standard InChI is InChI=1S/C24H16F7N3O2/c1-11-4-5-12-6-7-14(22(35)20(12)33-11)21(34-13-3-2-8-32-9-13)15-16(25)18(27)23(19(28)17(15)26)36-10-24(29,30)31/h2-9,21,34-35H,10H2,1H3. The second-order valence-electron chi connectivity index (χ2n) is 7.75. The minimum atomic E-state index is -5.02. The van der Waals surface area contributed by atoms with Crippen LogP contribution < -0.4 is 10.1 Å². The second kappa shape index (κ2) is 9.51. The maximum Gasteiger partial charge on any atom is 0.422 e. The van der Waals surface area contributed by atoms with E-state index < -0.39 is 59.2 Å². The van der Waals surface area contributed by atoms with E-state index in [-0.39, 0.29) is 16.8 Å². The molecule has 0 saturated heterocycles. The lowest BCUT2D eigenvalue weighted by molar-refractivity contribution is -0.154. The molecule has 0 aliphatic carbocycles. The molecule has 2 aromatic heterocycles. The summed E-state index contributed by atoms with van der Waals surface area (Å²) in [7, 11) is 0. The van der Waals surface area contributed by atoms with Gasteiger partial charge < -0.3 is 15.2 Å². The lowest BCUT2D eigenvalue weighted by Gasteiger charge is -2.24. The number of nitrogens with zero attached hydrogens (tertiary/aromatic N) is 2. The van der Waals surface area contributed by atoms with Crippen molar-refractivity contribution in [3.8, 4) is 11.5 Å². The number of hydrogen-bond donors (Lipinski definition) is 2. The highest BCUT2D eigenvalue weighted by Gasteiger charge is 2.36. The monoisotopic (exact) mass is 511 g/mol. The molecule has 0 radical (unpaired) electrons. The molecule has 0 fully saturated rings. The fraction of sp³-hybridized carbons (Fsp3) is 0.167. The Morgan fingerprint density at radius 2 is 1.64 bits per heavy atom. The van der Waals surface area contributed by atoms with Crippen molar-refractivity contribution >= 4 is 16.6 Å². The number of phenolic OH excluding ortho intramolecular Hbond substituents is 1. The molecule has 4 aromatic rings. The summed E-state index contributed by atoms with van der Waals surface area (Å²) in [5.74, 6) is -10.7. The van der Waals surface area contributed by atoms with Gasteiger partial charge in [0.25, 0.3) is 0 Å². The maximum atomic E-state index is 15.2. The van der Waals surface area contributed by atoms with E-state index in [4.69, 9.17) is 0 Å². The molecule has 12 heteroatoms. The van der Waals surface area contributed by atoms with Crippen LogP contribution in [0.5, 0.6) is 11.5 Å². The molecule has 4 rings (SSSR count). The highest BCUT2D eigenvalue weighted by molar-refractivity contribution is 5.86. The van der Waals surface area contributed by atoms with Crippen molar-refractivity contribution in [1.29, 1.82) is 0 Å². The van der Waals surface area contributed by atoms with Crippen molar-refractivity contribution in [3.05, 3.63) is 88.9 Å². The van der Waals surface area contributed by atoms with Gasteiger partial charge in [0, 0.05) is 29.0 Å². The molecule has 1 atom stereocenters. The number of pyridine rings is 2. The summed E-state index contributed by atoms with van der Waals surface area (Å²) in [4.78, 5) is 8.06. The van der Waals surface area contributed by atoms with E-state index in [1.165, 1.54) is 36.7 Å².